The van der Waals surface area contributed by atoms with Gasteiger partial charge < -0.3 is 29.9 Å². The summed E-state index contributed by atoms with van der Waals surface area (Å²) < 4.78 is 10.2. The molecule has 4 N–H and O–H groups in total. The Morgan fingerprint density at radius 1 is 1.20 bits per heavy atom. The minimum Gasteiger partial charge on any atom is -0.466 e. The van der Waals surface area contributed by atoms with Gasteiger partial charge >= 0.3 is 5.97 Å². The minimum absolute atomic E-state index is 0.115. The second-order valence-electron chi connectivity index (χ2n) is 5.22. The third-order valence-corrected chi connectivity index (χ3v) is 3.45. The summed E-state index contributed by atoms with van der Waals surface area (Å²) in [7, 11) is 0. The van der Waals surface area contributed by atoms with E-state index in [1.54, 1.807) is 13.8 Å². The van der Waals surface area contributed by atoms with E-state index in [1.165, 1.54) is 0 Å². The Bertz CT molecular complexity index is 307. The molecule has 2 unspecified atom stereocenters. The van der Waals surface area contributed by atoms with E-state index >= 15 is 0 Å². The predicted molar refractivity (Wildman–Crippen MR) is 68.8 cm³/mol. The van der Waals surface area contributed by atoms with Crippen LogP contribution in [0.15, 0.2) is 0 Å². The van der Waals surface area contributed by atoms with E-state index in [4.69, 9.17) is 14.6 Å². The molecule has 118 valence electrons. The monoisotopic (exact) mass is 292 g/mol. The van der Waals surface area contributed by atoms with Gasteiger partial charge in [-0.2, -0.15) is 0 Å². The number of carbonyl (C=O) groups is 1. The lowest BCUT2D eigenvalue weighted by molar-refractivity contribution is -0.232. The first kappa shape index (κ1) is 17.3. The second-order valence-corrected chi connectivity index (χ2v) is 5.22. The molecule has 6 atom stereocenters. The van der Waals surface area contributed by atoms with E-state index in [-0.39, 0.29) is 18.3 Å². The molecule has 1 rings (SSSR count). The number of rotatable bonds is 6. The van der Waals surface area contributed by atoms with Crippen LogP contribution in [0, 0.1) is 5.92 Å². The van der Waals surface area contributed by atoms with Crippen LogP contribution >= 0.6 is 0 Å². The van der Waals surface area contributed by atoms with Crippen LogP contribution in [0.25, 0.3) is 0 Å². The SMILES string of the molecule is CCOC(=O)CC(C)CC1O[C@H](CO)[C@H](O)[C@H](O)[C@H]1O. The lowest BCUT2D eigenvalue weighted by Gasteiger charge is -2.40. The van der Waals surface area contributed by atoms with Crippen molar-refractivity contribution in [2.24, 2.45) is 5.92 Å². The summed E-state index contributed by atoms with van der Waals surface area (Å²) in [4.78, 5) is 11.4. The van der Waals surface area contributed by atoms with Crippen LogP contribution < -0.4 is 0 Å². The first-order chi connectivity index (χ1) is 9.40. The van der Waals surface area contributed by atoms with Gasteiger partial charge in [-0.25, -0.2) is 0 Å². The van der Waals surface area contributed by atoms with Crippen molar-refractivity contribution in [2.45, 2.75) is 57.2 Å². The highest BCUT2D eigenvalue weighted by atomic mass is 16.5. The van der Waals surface area contributed by atoms with E-state index in [0.717, 1.165) is 0 Å². The maximum Gasteiger partial charge on any atom is 0.306 e. The standard InChI is InChI=1S/C13H24O7/c1-3-19-10(15)5-7(2)4-8-11(16)13(18)12(17)9(6-14)20-8/h7-9,11-14,16-18H,3-6H2,1-2H3/t7?,8?,9-,11+,12+,13-/m1/s1. The molecule has 0 spiro atoms. The number of hydrogen-bond acceptors (Lipinski definition) is 7. The van der Waals surface area contributed by atoms with E-state index < -0.39 is 37.1 Å². The third kappa shape index (κ3) is 4.39. The van der Waals surface area contributed by atoms with Crippen LogP contribution in [-0.2, 0) is 14.3 Å². The summed E-state index contributed by atoms with van der Waals surface area (Å²) in [6.07, 6.45) is -5.13. The Labute approximate surface area is 118 Å². The Hall–Kier alpha value is -0.730. The summed E-state index contributed by atoms with van der Waals surface area (Å²) in [5, 5.41) is 38.3. The van der Waals surface area contributed by atoms with E-state index in [1.807, 2.05) is 0 Å². The molecule has 0 aromatic rings. The fourth-order valence-corrected chi connectivity index (χ4v) is 2.36. The van der Waals surface area contributed by atoms with Gasteiger partial charge in [-0.1, -0.05) is 6.92 Å². The van der Waals surface area contributed by atoms with Gasteiger partial charge in [-0.05, 0) is 19.3 Å². The van der Waals surface area contributed by atoms with Gasteiger partial charge in [0.2, 0.25) is 0 Å². The maximum atomic E-state index is 11.4. The zero-order valence-electron chi connectivity index (χ0n) is 11.8. The van der Waals surface area contributed by atoms with Gasteiger partial charge in [0, 0.05) is 6.42 Å². The quantitative estimate of drug-likeness (QED) is 0.455. The molecule has 0 aromatic heterocycles. The van der Waals surface area contributed by atoms with Crippen molar-refractivity contribution in [1.29, 1.82) is 0 Å². The summed E-state index contributed by atoms with van der Waals surface area (Å²) in [5.41, 5.74) is 0. The molecule has 0 bridgehead atoms. The summed E-state index contributed by atoms with van der Waals surface area (Å²) >= 11 is 0. The Balaban J connectivity index is 2.55. The molecule has 0 radical (unpaired) electrons. The summed E-state index contributed by atoms with van der Waals surface area (Å²) in [5.74, 6) is -0.444. The highest BCUT2D eigenvalue weighted by Crippen LogP contribution is 2.26. The molecule has 1 aliphatic rings. The van der Waals surface area contributed by atoms with Crippen molar-refractivity contribution in [1.82, 2.24) is 0 Å². The van der Waals surface area contributed by atoms with Crippen LogP contribution in [0.3, 0.4) is 0 Å². The number of esters is 1. The average molecular weight is 292 g/mol. The Kier molecular flexibility index (Phi) is 6.84. The van der Waals surface area contributed by atoms with Crippen LogP contribution in [0.4, 0.5) is 0 Å². The highest BCUT2D eigenvalue weighted by molar-refractivity contribution is 5.69. The molecular weight excluding hydrogens is 268 g/mol. The third-order valence-electron chi connectivity index (χ3n) is 3.45. The summed E-state index contributed by atoms with van der Waals surface area (Å²) in [6.45, 7) is 3.39. The molecule has 1 heterocycles. The van der Waals surface area contributed by atoms with Crippen LogP contribution in [0.1, 0.15) is 26.7 Å². The topological polar surface area (TPSA) is 116 Å². The number of carbonyl (C=O) groups excluding carboxylic acids is 1. The van der Waals surface area contributed by atoms with Crippen LogP contribution in [-0.4, -0.2) is 70.1 Å². The largest absolute Gasteiger partial charge is 0.466 e. The van der Waals surface area contributed by atoms with Crippen LogP contribution in [0.5, 0.6) is 0 Å². The zero-order valence-corrected chi connectivity index (χ0v) is 11.8. The summed E-state index contributed by atoms with van der Waals surface area (Å²) in [6, 6.07) is 0. The molecular formula is C13H24O7. The van der Waals surface area contributed by atoms with E-state index in [9.17, 15) is 20.1 Å². The maximum absolute atomic E-state index is 11.4. The minimum atomic E-state index is -1.37. The molecule has 0 amide bonds. The van der Waals surface area contributed by atoms with Gasteiger partial charge in [0.05, 0.1) is 19.3 Å². The van der Waals surface area contributed by atoms with Crippen molar-refractivity contribution >= 4 is 5.97 Å². The Morgan fingerprint density at radius 2 is 1.80 bits per heavy atom. The highest BCUT2D eigenvalue weighted by Gasteiger charge is 2.43. The Morgan fingerprint density at radius 3 is 2.35 bits per heavy atom. The molecule has 0 saturated carbocycles. The van der Waals surface area contributed by atoms with Crippen molar-refractivity contribution in [3.63, 3.8) is 0 Å². The van der Waals surface area contributed by atoms with Gasteiger partial charge in [0.15, 0.2) is 0 Å². The second kappa shape index (κ2) is 7.90. The lowest BCUT2D eigenvalue weighted by Crippen LogP contribution is -2.58. The van der Waals surface area contributed by atoms with Crippen LogP contribution in [0.2, 0.25) is 0 Å². The number of hydrogen-bond donors (Lipinski definition) is 4. The van der Waals surface area contributed by atoms with Crippen molar-refractivity contribution < 1.29 is 34.7 Å². The first-order valence-corrected chi connectivity index (χ1v) is 6.86. The smallest absolute Gasteiger partial charge is 0.306 e. The molecule has 7 heteroatoms. The molecule has 1 saturated heterocycles. The number of ether oxygens (including phenoxy) is 2. The van der Waals surface area contributed by atoms with E-state index in [0.29, 0.717) is 13.0 Å². The molecule has 20 heavy (non-hydrogen) atoms. The van der Waals surface area contributed by atoms with Gasteiger partial charge in [-0.3, -0.25) is 4.79 Å². The molecule has 1 aliphatic heterocycles. The van der Waals surface area contributed by atoms with Crippen molar-refractivity contribution in [3.05, 3.63) is 0 Å². The molecule has 0 aliphatic carbocycles. The lowest BCUT2D eigenvalue weighted by atomic mass is 9.89. The van der Waals surface area contributed by atoms with Crippen molar-refractivity contribution in [2.75, 3.05) is 13.2 Å². The molecule has 0 aromatic carbocycles. The number of aliphatic hydroxyl groups excluding tert-OH is 4. The average Bonchev–Trinajstić information content (AvgIpc) is 2.39. The fourth-order valence-electron chi connectivity index (χ4n) is 2.36. The van der Waals surface area contributed by atoms with E-state index in [2.05, 4.69) is 0 Å². The fraction of sp³-hybridized carbons (Fsp3) is 0.923. The van der Waals surface area contributed by atoms with Gasteiger partial charge in [-0.15, -0.1) is 0 Å². The molecule has 7 nitrogen and oxygen atoms in total. The zero-order chi connectivity index (χ0) is 15.3. The van der Waals surface area contributed by atoms with Gasteiger partial charge in [0.1, 0.15) is 24.4 Å². The predicted octanol–water partition coefficient (Wildman–Crippen LogP) is -1.19. The van der Waals surface area contributed by atoms with Gasteiger partial charge in [0.25, 0.3) is 0 Å². The first-order valence-electron chi connectivity index (χ1n) is 6.86. The molecule has 1 fully saturated rings. The number of aliphatic hydroxyl groups is 4. The normalized spacial score (nSPS) is 35.6. The van der Waals surface area contributed by atoms with Crippen molar-refractivity contribution in [3.8, 4) is 0 Å².